The van der Waals surface area contributed by atoms with Crippen LogP contribution in [0.3, 0.4) is 0 Å². The Morgan fingerprint density at radius 2 is 2.04 bits per heavy atom. The number of rotatable bonds is 3. The predicted octanol–water partition coefficient (Wildman–Crippen LogP) is 4.63. The van der Waals surface area contributed by atoms with Crippen LogP contribution in [0.25, 0.3) is 10.9 Å². The van der Waals surface area contributed by atoms with Crippen molar-refractivity contribution in [2.45, 2.75) is 92.8 Å². The highest BCUT2D eigenvalue weighted by Crippen LogP contribution is 2.48. The maximum atomic E-state index is 17.1. The second-order valence-electron chi connectivity index (χ2n) is 14.5. The Kier molecular flexibility index (Phi) is 7.36. The van der Waals surface area contributed by atoms with Gasteiger partial charge in [0.05, 0.1) is 22.3 Å². The van der Waals surface area contributed by atoms with Gasteiger partial charge in [-0.15, -0.1) is 11.6 Å². The number of fused-ring (bicyclic) bond motifs is 5. The van der Waals surface area contributed by atoms with Gasteiger partial charge in [-0.05, 0) is 63.3 Å². The topological polar surface area (TPSA) is 104 Å². The first-order chi connectivity index (χ1) is 22.5. The van der Waals surface area contributed by atoms with Crippen molar-refractivity contribution >= 4 is 28.3 Å². The van der Waals surface area contributed by atoms with E-state index in [-0.39, 0.29) is 58.8 Å². The monoisotopic (exact) mass is 654 g/mol. The second kappa shape index (κ2) is 11.5. The summed E-state index contributed by atoms with van der Waals surface area (Å²) in [5.74, 6) is 1.06. The quantitative estimate of drug-likeness (QED) is 0.389. The number of hydrazine groups is 1. The first-order valence-electron chi connectivity index (χ1n) is 17.2. The molecule has 13 heteroatoms. The van der Waals surface area contributed by atoms with Crippen LogP contribution in [0.1, 0.15) is 80.5 Å². The summed E-state index contributed by atoms with van der Waals surface area (Å²) in [4.78, 5) is 23.9. The normalized spacial score (nSPS) is 35.9. The summed E-state index contributed by atoms with van der Waals surface area (Å²) in [7, 11) is 0. The van der Waals surface area contributed by atoms with Crippen molar-refractivity contribution in [2.24, 2.45) is 11.8 Å². The SMILES string of the molecule is Fc1c2ncc3c(nc(OC[C@@]45CCCN4C[C@H](F)C5)nc13)N1CCC[C@@H](C1)c1coc(n1)CCCC1C(Cl)CC3NNCC3C21. The van der Waals surface area contributed by atoms with Gasteiger partial charge in [0.25, 0.3) is 0 Å². The summed E-state index contributed by atoms with van der Waals surface area (Å²) >= 11 is 7.11. The van der Waals surface area contributed by atoms with Crippen molar-refractivity contribution in [3.05, 3.63) is 35.6 Å². The summed E-state index contributed by atoms with van der Waals surface area (Å²) in [5, 5.41) is 0.431. The van der Waals surface area contributed by atoms with Crippen LogP contribution in [0, 0.1) is 17.7 Å². The molecule has 246 valence electrons. The summed E-state index contributed by atoms with van der Waals surface area (Å²) in [6, 6.07) is 0.261. The van der Waals surface area contributed by atoms with Crippen LogP contribution >= 0.6 is 11.6 Å². The van der Waals surface area contributed by atoms with Crippen LogP contribution in [0.4, 0.5) is 14.6 Å². The Morgan fingerprint density at radius 3 is 2.98 bits per heavy atom. The molecule has 46 heavy (non-hydrogen) atoms. The van der Waals surface area contributed by atoms with Gasteiger partial charge < -0.3 is 14.1 Å². The van der Waals surface area contributed by atoms with E-state index in [2.05, 4.69) is 20.7 Å². The number of anilines is 1. The second-order valence-corrected chi connectivity index (χ2v) is 15.1. The lowest BCUT2D eigenvalue weighted by atomic mass is 9.66. The van der Waals surface area contributed by atoms with E-state index in [9.17, 15) is 4.39 Å². The number of hydrogen-bond donors (Lipinski definition) is 2. The van der Waals surface area contributed by atoms with E-state index >= 15 is 4.39 Å². The number of alkyl halides is 2. The fourth-order valence-corrected chi connectivity index (χ4v) is 10.1. The van der Waals surface area contributed by atoms with Crippen molar-refractivity contribution in [2.75, 3.05) is 44.2 Å². The molecule has 3 aromatic heterocycles. The van der Waals surface area contributed by atoms with E-state index < -0.39 is 12.0 Å². The Morgan fingerprint density at radius 1 is 1.11 bits per heavy atom. The molecule has 0 radical (unpaired) electrons. The van der Waals surface area contributed by atoms with Crippen molar-refractivity contribution in [3.63, 3.8) is 0 Å². The first-order valence-corrected chi connectivity index (χ1v) is 17.6. The number of ether oxygens (including phenoxy) is 1. The molecule has 10 rings (SSSR count). The molecule has 1 aliphatic carbocycles. The Hall–Kier alpha value is -2.67. The van der Waals surface area contributed by atoms with E-state index in [1.165, 1.54) is 0 Å². The Bertz CT molecular complexity index is 1630. The Labute approximate surface area is 272 Å². The number of aryl methyl sites for hydroxylation is 1. The highest BCUT2D eigenvalue weighted by atomic mass is 35.5. The van der Waals surface area contributed by atoms with Gasteiger partial charge in [0.15, 0.2) is 11.7 Å². The largest absolute Gasteiger partial charge is 0.461 e. The molecule has 3 aromatic rings. The number of oxazole rings is 1. The maximum absolute atomic E-state index is 17.1. The van der Waals surface area contributed by atoms with Crippen LogP contribution in [0.2, 0.25) is 0 Å². The number of nitrogens with zero attached hydrogens (tertiary/aromatic N) is 6. The van der Waals surface area contributed by atoms with Gasteiger partial charge in [0.2, 0.25) is 0 Å². The molecule has 10 nitrogen and oxygen atoms in total. The lowest BCUT2D eigenvalue weighted by Gasteiger charge is -2.42. The van der Waals surface area contributed by atoms with Gasteiger partial charge in [-0.1, -0.05) is 0 Å². The van der Waals surface area contributed by atoms with Gasteiger partial charge in [0.1, 0.15) is 30.4 Å². The number of hydrogen-bond acceptors (Lipinski definition) is 10. The molecule has 1 saturated carbocycles. The number of nitrogens with one attached hydrogen (secondary N) is 2. The fourth-order valence-electron chi connectivity index (χ4n) is 9.64. The molecule has 0 spiro atoms. The molecule has 2 N–H and O–H groups in total. The maximum Gasteiger partial charge on any atom is 0.319 e. The van der Waals surface area contributed by atoms with Crippen LogP contribution in [-0.4, -0.2) is 87.3 Å². The fraction of sp³-hybridized carbons (Fsp3) is 0.697. The molecule has 0 amide bonds. The van der Waals surface area contributed by atoms with Gasteiger partial charge in [0, 0.05) is 68.5 Å². The smallest absolute Gasteiger partial charge is 0.319 e. The minimum Gasteiger partial charge on any atom is -0.461 e. The molecule has 4 saturated heterocycles. The third-order valence-corrected chi connectivity index (χ3v) is 12.4. The summed E-state index contributed by atoms with van der Waals surface area (Å²) in [5.41, 5.74) is 7.91. The summed E-state index contributed by atoms with van der Waals surface area (Å²) < 4.78 is 44.0. The lowest BCUT2D eigenvalue weighted by molar-refractivity contribution is 0.107. The third kappa shape index (κ3) is 4.88. The minimum atomic E-state index is -0.866. The zero-order valence-corrected chi connectivity index (χ0v) is 26.7. The van der Waals surface area contributed by atoms with Gasteiger partial charge in [-0.25, -0.2) is 13.8 Å². The molecular formula is C33H41ClF2N8O2. The van der Waals surface area contributed by atoms with Crippen LogP contribution in [0.15, 0.2) is 16.9 Å². The van der Waals surface area contributed by atoms with Crippen molar-refractivity contribution in [1.82, 2.24) is 35.7 Å². The molecule has 8 atom stereocenters. The van der Waals surface area contributed by atoms with Gasteiger partial charge in [-0.2, -0.15) is 9.97 Å². The highest BCUT2D eigenvalue weighted by Gasteiger charge is 2.50. The van der Waals surface area contributed by atoms with E-state index in [1.807, 2.05) is 6.26 Å². The van der Waals surface area contributed by atoms with Crippen LogP contribution in [0.5, 0.6) is 6.01 Å². The third-order valence-electron chi connectivity index (χ3n) is 11.9. The van der Waals surface area contributed by atoms with Crippen molar-refractivity contribution in [1.29, 1.82) is 0 Å². The summed E-state index contributed by atoms with van der Waals surface area (Å²) in [6.45, 7) is 3.73. The lowest BCUT2D eigenvalue weighted by Crippen LogP contribution is -2.45. The number of piperidine rings is 1. The molecule has 8 bridgehead atoms. The van der Waals surface area contributed by atoms with Crippen LogP contribution in [-0.2, 0) is 6.42 Å². The minimum absolute atomic E-state index is 0.0232. The molecule has 6 aliphatic heterocycles. The standard InChI is InChI=1S/C33H41ClF2N8O2/c34-23-10-24-21(13-38-42-24)27-20(23)5-1-6-26-39-25(16-45-26)18-4-2-8-43(14-18)31-22-12-37-30(27)28(36)29(22)40-32(41-31)46-17-33-7-3-9-44(33)15-19(35)11-33/h12,16,18-21,23-24,27,38,42H,1-11,13-15,17H2/t18-,19+,20?,21?,23?,24?,27?,33-/m0/s1. The van der Waals surface area contributed by atoms with Gasteiger partial charge in [-0.3, -0.25) is 20.7 Å². The number of aromatic nitrogens is 4. The number of pyridine rings is 1. The highest BCUT2D eigenvalue weighted by molar-refractivity contribution is 6.21. The number of halogens is 3. The first kappa shape index (κ1) is 29.5. The van der Waals surface area contributed by atoms with E-state index in [1.54, 1.807) is 6.20 Å². The van der Waals surface area contributed by atoms with E-state index in [4.69, 9.17) is 40.7 Å². The Balaban J connectivity index is 1.17. The van der Waals surface area contributed by atoms with Crippen LogP contribution < -0.4 is 20.5 Å². The molecule has 0 aromatic carbocycles. The molecule has 5 unspecified atom stereocenters. The van der Waals surface area contributed by atoms with Crippen molar-refractivity contribution < 1.29 is 17.9 Å². The molecule has 9 heterocycles. The average molecular weight is 655 g/mol. The van der Waals surface area contributed by atoms with E-state index in [0.29, 0.717) is 49.4 Å². The summed E-state index contributed by atoms with van der Waals surface area (Å²) in [6.07, 6.45) is 10.1. The predicted molar refractivity (Wildman–Crippen MR) is 168 cm³/mol. The average Bonchev–Trinajstić information content (AvgIpc) is 3.85. The zero-order valence-electron chi connectivity index (χ0n) is 25.9. The molecular weight excluding hydrogens is 614 g/mol. The van der Waals surface area contributed by atoms with Gasteiger partial charge >= 0.3 is 6.01 Å². The van der Waals surface area contributed by atoms with Crippen molar-refractivity contribution in [3.8, 4) is 6.01 Å². The molecule has 5 fully saturated rings. The zero-order chi connectivity index (χ0) is 31.0. The molecule has 7 aliphatic rings. The van der Waals surface area contributed by atoms with E-state index in [0.717, 1.165) is 69.6 Å².